The van der Waals surface area contributed by atoms with Crippen molar-refractivity contribution in [1.29, 1.82) is 0 Å². The van der Waals surface area contributed by atoms with Crippen molar-refractivity contribution in [3.8, 4) is 0 Å². The van der Waals surface area contributed by atoms with Crippen LogP contribution in [0.2, 0.25) is 0 Å². The summed E-state index contributed by atoms with van der Waals surface area (Å²) in [7, 11) is 0. The zero-order chi connectivity index (χ0) is 12.4. The number of hydrogen-bond acceptors (Lipinski definition) is 2. The number of rotatable bonds is 3. The van der Waals surface area contributed by atoms with Crippen molar-refractivity contribution in [3.63, 3.8) is 0 Å². The molecule has 0 aliphatic heterocycles. The van der Waals surface area contributed by atoms with Crippen LogP contribution in [-0.2, 0) is 11.2 Å². The molecule has 0 bridgehead atoms. The van der Waals surface area contributed by atoms with Gasteiger partial charge >= 0.3 is 0 Å². The third-order valence-corrected chi connectivity index (χ3v) is 3.40. The van der Waals surface area contributed by atoms with Crippen molar-refractivity contribution in [2.24, 2.45) is 11.7 Å². The van der Waals surface area contributed by atoms with E-state index in [1.165, 1.54) is 6.07 Å². The molecule has 0 amide bonds. The third kappa shape index (κ3) is 3.01. The standard InChI is InChI=1S/C13H13BrFNO/c14-10-2-4-12(15)9(5-10)7-13(17)8-1-3-11(16)6-8/h1-5,8,11H,6-7,16H2. The molecule has 0 aromatic heterocycles. The van der Waals surface area contributed by atoms with E-state index in [9.17, 15) is 9.18 Å². The normalized spacial score (nSPS) is 23.0. The van der Waals surface area contributed by atoms with Gasteiger partial charge in [0.15, 0.2) is 0 Å². The molecule has 17 heavy (non-hydrogen) atoms. The molecule has 90 valence electrons. The van der Waals surface area contributed by atoms with E-state index < -0.39 is 0 Å². The van der Waals surface area contributed by atoms with Crippen LogP contribution >= 0.6 is 15.9 Å². The summed E-state index contributed by atoms with van der Waals surface area (Å²) in [6, 6.07) is 4.58. The maximum atomic E-state index is 13.5. The zero-order valence-electron chi connectivity index (χ0n) is 9.20. The highest BCUT2D eigenvalue weighted by Gasteiger charge is 2.23. The minimum Gasteiger partial charge on any atom is -0.324 e. The van der Waals surface area contributed by atoms with Crippen molar-refractivity contribution in [1.82, 2.24) is 0 Å². The maximum Gasteiger partial charge on any atom is 0.144 e. The Morgan fingerprint density at radius 2 is 2.24 bits per heavy atom. The predicted octanol–water partition coefficient (Wildman–Crippen LogP) is 2.60. The van der Waals surface area contributed by atoms with E-state index in [1.807, 2.05) is 12.2 Å². The molecular weight excluding hydrogens is 285 g/mol. The topological polar surface area (TPSA) is 43.1 Å². The molecule has 0 saturated carbocycles. The Kier molecular flexibility index (Phi) is 3.74. The molecule has 2 rings (SSSR count). The minimum absolute atomic E-state index is 0.0196. The molecule has 4 heteroatoms. The number of allylic oxidation sites excluding steroid dienone is 1. The number of hydrogen-bond donors (Lipinski definition) is 1. The largest absolute Gasteiger partial charge is 0.324 e. The van der Waals surface area contributed by atoms with Crippen LogP contribution in [0.4, 0.5) is 4.39 Å². The first-order valence-corrected chi connectivity index (χ1v) is 6.26. The van der Waals surface area contributed by atoms with Gasteiger partial charge in [0.25, 0.3) is 0 Å². The number of halogens is 2. The summed E-state index contributed by atoms with van der Waals surface area (Å²) in [5, 5.41) is 0. The molecule has 0 spiro atoms. The van der Waals surface area contributed by atoms with Crippen LogP contribution in [0.15, 0.2) is 34.8 Å². The summed E-state index contributed by atoms with van der Waals surface area (Å²) in [4.78, 5) is 11.9. The lowest BCUT2D eigenvalue weighted by Gasteiger charge is -2.09. The predicted molar refractivity (Wildman–Crippen MR) is 68.0 cm³/mol. The maximum absolute atomic E-state index is 13.5. The van der Waals surface area contributed by atoms with E-state index in [2.05, 4.69) is 15.9 Å². The number of ketones is 1. The van der Waals surface area contributed by atoms with E-state index in [0.717, 1.165) is 4.47 Å². The second-order valence-electron chi connectivity index (χ2n) is 4.27. The summed E-state index contributed by atoms with van der Waals surface area (Å²) in [5.41, 5.74) is 6.12. The summed E-state index contributed by atoms with van der Waals surface area (Å²) in [5.74, 6) is -0.484. The summed E-state index contributed by atoms with van der Waals surface area (Å²) in [6.45, 7) is 0. The first kappa shape index (κ1) is 12.5. The Bertz CT molecular complexity index is 472. The van der Waals surface area contributed by atoms with Gasteiger partial charge in [0.1, 0.15) is 11.6 Å². The highest BCUT2D eigenvalue weighted by molar-refractivity contribution is 9.10. The van der Waals surface area contributed by atoms with E-state index in [0.29, 0.717) is 12.0 Å². The van der Waals surface area contributed by atoms with Gasteiger partial charge in [-0.05, 0) is 30.2 Å². The Morgan fingerprint density at radius 3 is 2.88 bits per heavy atom. The van der Waals surface area contributed by atoms with Crippen molar-refractivity contribution in [3.05, 3.63) is 46.2 Å². The molecule has 0 saturated heterocycles. The smallest absolute Gasteiger partial charge is 0.144 e. The first-order chi connectivity index (χ1) is 8.06. The van der Waals surface area contributed by atoms with E-state index >= 15 is 0 Å². The van der Waals surface area contributed by atoms with Gasteiger partial charge in [0.05, 0.1) is 0 Å². The first-order valence-electron chi connectivity index (χ1n) is 5.47. The molecule has 1 aromatic carbocycles. The number of benzene rings is 1. The molecular formula is C13H13BrFNO. The number of nitrogens with two attached hydrogens (primary N) is 1. The van der Waals surface area contributed by atoms with Crippen LogP contribution < -0.4 is 5.73 Å². The summed E-state index contributed by atoms with van der Waals surface area (Å²) in [6.07, 6.45) is 4.41. The van der Waals surface area contributed by atoms with Crippen LogP contribution in [0, 0.1) is 11.7 Å². The van der Waals surface area contributed by atoms with Crippen molar-refractivity contribution in [2.75, 3.05) is 0 Å². The molecule has 1 aliphatic carbocycles. The Labute approximate surface area is 108 Å². The molecule has 0 radical (unpaired) electrons. The van der Waals surface area contributed by atoms with Gasteiger partial charge in [-0.25, -0.2) is 4.39 Å². The number of Topliss-reactive ketones (excluding diaryl/α,β-unsaturated/α-hetero) is 1. The minimum atomic E-state index is -0.340. The van der Waals surface area contributed by atoms with Crippen molar-refractivity contribution in [2.45, 2.75) is 18.9 Å². The van der Waals surface area contributed by atoms with Crippen LogP contribution in [-0.4, -0.2) is 11.8 Å². The second kappa shape index (κ2) is 5.10. The van der Waals surface area contributed by atoms with Crippen LogP contribution in [0.3, 0.4) is 0 Å². The van der Waals surface area contributed by atoms with Crippen molar-refractivity contribution < 1.29 is 9.18 Å². The van der Waals surface area contributed by atoms with Gasteiger partial charge in [-0.1, -0.05) is 28.1 Å². The fourth-order valence-corrected chi connectivity index (χ4v) is 2.37. The monoisotopic (exact) mass is 297 g/mol. The molecule has 0 fully saturated rings. The Hall–Kier alpha value is -1.00. The molecule has 2 atom stereocenters. The second-order valence-corrected chi connectivity index (χ2v) is 5.19. The van der Waals surface area contributed by atoms with Gasteiger partial charge in [-0.3, -0.25) is 4.79 Å². The van der Waals surface area contributed by atoms with Gasteiger partial charge < -0.3 is 5.73 Å². The quantitative estimate of drug-likeness (QED) is 0.872. The zero-order valence-corrected chi connectivity index (χ0v) is 10.8. The summed E-state index contributed by atoms with van der Waals surface area (Å²) < 4.78 is 14.3. The number of carbonyl (C=O) groups excluding carboxylic acids is 1. The van der Waals surface area contributed by atoms with Crippen LogP contribution in [0.1, 0.15) is 12.0 Å². The molecule has 1 aliphatic rings. The van der Waals surface area contributed by atoms with E-state index in [1.54, 1.807) is 12.1 Å². The van der Waals surface area contributed by atoms with E-state index in [4.69, 9.17) is 5.73 Å². The lowest BCUT2D eigenvalue weighted by molar-refractivity contribution is -0.120. The fraction of sp³-hybridized carbons (Fsp3) is 0.308. The molecule has 2 N–H and O–H groups in total. The van der Waals surface area contributed by atoms with Crippen LogP contribution in [0.25, 0.3) is 0 Å². The van der Waals surface area contributed by atoms with Gasteiger partial charge in [-0.2, -0.15) is 0 Å². The Morgan fingerprint density at radius 1 is 1.47 bits per heavy atom. The van der Waals surface area contributed by atoms with Crippen LogP contribution in [0.5, 0.6) is 0 Å². The SMILES string of the molecule is NC1C=CC(C(=O)Cc2cc(Br)ccc2F)C1. The highest BCUT2D eigenvalue weighted by Crippen LogP contribution is 2.22. The van der Waals surface area contributed by atoms with Gasteiger partial charge in [-0.15, -0.1) is 0 Å². The molecule has 0 heterocycles. The highest BCUT2D eigenvalue weighted by atomic mass is 79.9. The van der Waals surface area contributed by atoms with Gasteiger partial charge in [0.2, 0.25) is 0 Å². The average molecular weight is 298 g/mol. The molecule has 1 aromatic rings. The fourth-order valence-electron chi connectivity index (χ4n) is 1.96. The van der Waals surface area contributed by atoms with Gasteiger partial charge in [0, 0.05) is 22.9 Å². The molecule has 2 nitrogen and oxygen atoms in total. The molecule has 2 unspecified atom stereocenters. The summed E-state index contributed by atoms with van der Waals surface area (Å²) >= 11 is 3.27. The average Bonchev–Trinajstić information content (AvgIpc) is 2.70. The third-order valence-electron chi connectivity index (χ3n) is 2.90. The lowest BCUT2D eigenvalue weighted by atomic mass is 9.96. The van der Waals surface area contributed by atoms with E-state index in [-0.39, 0.29) is 30.0 Å². The van der Waals surface area contributed by atoms with Crippen molar-refractivity contribution >= 4 is 21.7 Å². The lowest BCUT2D eigenvalue weighted by Crippen LogP contribution is -2.20. The Balaban J connectivity index is 2.08. The number of carbonyl (C=O) groups is 1.